The molecule has 2 rings (SSSR count). The number of hydrogen-bond acceptors (Lipinski definition) is 3. The molecule has 0 aliphatic heterocycles. The molecule has 0 atom stereocenters. The summed E-state index contributed by atoms with van der Waals surface area (Å²) in [5.74, 6) is 0.701. The molecule has 0 N–H and O–H groups in total. The molecule has 0 aliphatic carbocycles. The quantitative estimate of drug-likeness (QED) is 0.574. The highest BCUT2D eigenvalue weighted by Gasteiger charge is 2.09. The van der Waals surface area contributed by atoms with Crippen LogP contribution in [0.15, 0.2) is 40.1 Å². The summed E-state index contributed by atoms with van der Waals surface area (Å²) >= 11 is 3.76. The van der Waals surface area contributed by atoms with Gasteiger partial charge >= 0.3 is 0 Å². The van der Waals surface area contributed by atoms with Crippen molar-refractivity contribution in [3.63, 3.8) is 0 Å². The van der Waals surface area contributed by atoms with E-state index < -0.39 is 0 Å². The van der Waals surface area contributed by atoms with Crippen LogP contribution in [-0.4, -0.2) is 17.4 Å². The van der Waals surface area contributed by atoms with E-state index in [9.17, 15) is 4.79 Å². The van der Waals surface area contributed by atoms with Crippen LogP contribution < -0.4 is 0 Å². The summed E-state index contributed by atoms with van der Waals surface area (Å²) in [5, 5.41) is 2.02. The summed E-state index contributed by atoms with van der Waals surface area (Å²) in [5.41, 5.74) is 0. The highest BCUT2D eigenvalue weighted by Crippen LogP contribution is 2.14. The fraction of sp³-hybridized carbons (Fsp3) is 0.214. The summed E-state index contributed by atoms with van der Waals surface area (Å²) in [4.78, 5) is 15.1. The smallest absolute Gasteiger partial charge is 0.247 e. The Hall–Kier alpha value is -1.08. The predicted octanol–water partition coefficient (Wildman–Crippen LogP) is 4.01. The minimum Gasteiger partial charge on any atom is -0.451 e. The fourth-order valence-electron chi connectivity index (χ4n) is 1.61. The van der Waals surface area contributed by atoms with Crippen LogP contribution in [-0.2, 0) is 11.3 Å². The Bertz CT molecular complexity index is 560. The number of thiophene rings is 1. The summed E-state index contributed by atoms with van der Waals surface area (Å²) in [6.07, 6.45) is 3.27. The summed E-state index contributed by atoms with van der Waals surface area (Å²) in [7, 11) is 0. The highest BCUT2D eigenvalue weighted by molar-refractivity contribution is 14.1. The molecule has 0 fully saturated rings. The lowest BCUT2D eigenvalue weighted by atomic mass is 10.3. The van der Waals surface area contributed by atoms with Crippen molar-refractivity contribution in [3.05, 3.63) is 50.1 Å². The van der Waals surface area contributed by atoms with Crippen LogP contribution in [0.5, 0.6) is 0 Å². The first-order valence-electron chi connectivity index (χ1n) is 5.93. The zero-order chi connectivity index (χ0) is 13.7. The maximum absolute atomic E-state index is 12.1. The van der Waals surface area contributed by atoms with Crippen molar-refractivity contribution < 1.29 is 9.21 Å². The fourth-order valence-corrected chi connectivity index (χ4v) is 2.77. The number of carbonyl (C=O) groups is 1. The topological polar surface area (TPSA) is 33.5 Å². The third kappa shape index (κ3) is 4.21. The van der Waals surface area contributed by atoms with Gasteiger partial charge in [-0.3, -0.25) is 4.79 Å². The van der Waals surface area contributed by atoms with E-state index in [-0.39, 0.29) is 5.91 Å². The summed E-state index contributed by atoms with van der Waals surface area (Å²) < 4.78 is 6.20. The van der Waals surface area contributed by atoms with Gasteiger partial charge in [-0.2, -0.15) is 0 Å². The number of rotatable bonds is 5. The average molecular weight is 387 g/mol. The molecule has 0 bridgehead atoms. The molecule has 0 unspecified atom stereocenters. The van der Waals surface area contributed by atoms with Gasteiger partial charge in [0.05, 0.1) is 6.54 Å². The van der Waals surface area contributed by atoms with Gasteiger partial charge in [-0.1, -0.05) is 6.07 Å². The molecule has 2 aromatic heterocycles. The van der Waals surface area contributed by atoms with Gasteiger partial charge in [0.25, 0.3) is 0 Å². The molecule has 0 saturated heterocycles. The van der Waals surface area contributed by atoms with E-state index in [0.717, 1.165) is 3.77 Å². The minimum atomic E-state index is 0.00214. The lowest BCUT2D eigenvalue weighted by molar-refractivity contribution is -0.126. The van der Waals surface area contributed by atoms with Gasteiger partial charge in [-0.05, 0) is 59.2 Å². The Morgan fingerprint density at radius 1 is 1.47 bits per heavy atom. The molecule has 1 amide bonds. The van der Waals surface area contributed by atoms with Crippen molar-refractivity contribution in [2.75, 3.05) is 6.54 Å². The number of amides is 1. The molecule has 0 aliphatic rings. The second-order valence-electron chi connectivity index (χ2n) is 3.91. The van der Waals surface area contributed by atoms with Crippen LogP contribution in [0.3, 0.4) is 0 Å². The standard InChI is InChI=1S/C14H14INO2S/c1-2-16(10-12-4-3-9-19-12)14(17)8-6-11-5-7-13(15)18-11/h3-9H,2,10H2,1H3/b8-6+. The Kier molecular flexibility index (Phi) is 5.21. The first-order chi connectivity index (χ1) is 9.19. The van der Waals surface area contributed by atoms with Crippen molar-refractivity contribution >= 4 is 45.9 Å². The summed E-state index contributed by atoms with van der Waals surface area (Å²) in [6.45, 7) is 3.33. The van der Waals surface area contributed by atoms with E-state index >= 15 is 0 Å². The Morgan fingerprint density at radius 2 is 2.32 bits per heavy atom. The molecule has 3 nitrogen and oxygen atoms in total. The Balaban J connectivity index is 1.98. The first-order valence-corrected chi connectivity index (χ1v) is 7.89. The van der Waals surface area contributed by atoms with Crippen LogP contribution in [0.2, 0.25) is 0 Å². The molecule has 0 saturated carbocycles. The Labute approximate surface area is 130 Å². The van der Waals surface area contributed by atoms with Gasteiger partial charge in [-0.25, -0.2) is 0 Å². The number of likely N-dealkylation sites (N-methyl/N-ethyl adjacent to an activating group) is 1. The van der Waals surface area contributed by atoms with Crippen LogP contribution in [0.4, 0.5) is 0 Å². The molecule has 5 heteroatoms. The lowest BCUT2D eigenvalue weighted by Crippen LogP contribution is -2.28. The molecular formula is C14H14INO2S. The lowest BCUT2D eigenvalue weighted by Gasteiger charge is -2.17. The van der Waals surface area contributed by atoms with E-state index in [1.165, 1.54) is 4.88 Å². The van der Waals surface area contributed by atoms with Gasteiger partial charge in [0.1, 0.15) is 5.76 Å². The van der Waals surface area contributed by atoms with Crippen molar-refractivity contribution in [1.29, 1.82) is 0 Å². The molecule has 0 spiro atoms. The van der Waals surface area contributed by atoms with Crippen LogP contribution in [0.1, 0.15) is 17.6 Å². The number of nitrogens with zero attached hydrogens (tertiary/aromatic N) is 1. The van der Waals surface area contributed by atoms with Gasteiger partial charge < -0.3 is 9.32 Å². The molecule has 2 heterocycles. The SMILES string of the molecule is CCN(Cc1cccs1)C(=O)/C=C/c1ccc(I)o1. The van der Waals surface area contributed by atoms with E-state index in [4.69, 9.17) is 4.42 Å². The van der Waals surface area contributed by atoms with Gasteiger partial charge in [0, 0.05) is 17.5 Å². The average Bonchev–Trinajstić information content (AvgIpc) is 3.04. The van der Waals surface area contributed by atoms with Gasteiger partial charge in [0.2, 0.25) is 5.91 Å². The number of carbonyl (C=O) groups excluding carboxylic acids is 1. The molecule has 19 heavy (non-hydrogen) atoms. The number of halogens is 1. The third-order valence-corrected chi connectivity index (χ3v) is 4.05. The molecule has 100 valence electrons. The van der Waals surface area contributed by atoms with Crippen LogP contribution >= 0.6 is 33.9 Å². The Morgan fingerprint density at radius 3 is 2.89 bits per heavy atom. The minimum absolute atomic E-state index is 0.00214. The van der Waals surface area contributed by atoms with Gasteiger partial charge in [0.15, 0.2) is 3.77 Å². The second kappa shape index (κ2) is 6.91. The summed E-state index contributed by atoms with van der Waals surface area (Å²) in [6, 6.07) is 7.76. The van der Waals surface area contributed by atoms with E-state index in [1.807, 2.05) is 36.6 Å². The zero-order valence-corrected chi connectivity index (χ0v) is 13.5. The largest absolute Gasteiger partial charge is 0.451 e. The molecular weight excluding hydrogens is 373 g/mol. The molecule has 0 aromatic carbocycles. The van der Waals surface area contributed by atoms with Crippen molar-refractivity contribution in [1.82, 2.24) is 4.90 Å². The zero-order valence-electron chi connectivity index (χ0n) is 10.5. The van der Waals surface area contributed by atoms with Crippen molar-refractivity contribution in [3.8, 4) is 0 Å². The van der Waals surface area contributed by atoms with E-state index in [2.05, 4.69) is 22.6 Å². The van der Waals surface area contributed by atoms with Crippen molar-refractivity contribution in [2.24, 2.45) is 0 Å². The predicted molar refractivity (Wildman–Crippen MR) is 85.9 cm³/mol. The van der Waals surface area contributed by atoms with Crippen LogP contribution in [0, 0.1) is 3.77 Å². The molecule has 0 radical (unpaired) electrons. The highest BCUT2D eigenvalue weighted by atomic mass is 127. The van der Waals surface area contributed by atoms with Crippen molar-refractivity contribution in [2.45, 2.75) is 13.5 Å². The van der Waals surface area contributed by atoms with Crippen LogP contribution in [0.25, 0.3) is 6.08 Å². The monoisotopic (exact) mass is 387 g/mol. The van der Waals surface area contributed by atoms with E-state index in [0.29, 0.717) is 18.8 Å². The second-order valence-corrected chi connectivity index (χ2v) is 6.00. The maximum atomic E-state index is 12.1. The molecule has 2 aromatic rings. The number of hydrogen-bond donors (Lipinski definition) is 0. The van der Waals surface area contributed by atoms with Gasteiger partial charge in [-0.15, -0.1) is 11.3 Å². The maximum Gasteiger partial charge on any atom is 0.247 e. The van der Waals surface area contributed by atoms with E-state index in [1.54, 1.807) is 28.4 Å². The third-order valence-electron chi connectivity index (χ3n) is 2.60. The first kappa shape index (κ1) is 14.3. The number of furan rings is 1. The normalized spacial score (nSPS) is 11.1.